The molecule has 1 amide bonds. The van der Waals surface area contributed by atoms with Crippen molar-refractivity contribution in [3.63, 3.8) is 0 Å². The molecule has 0 spiro atoms. The van der Waals surface area contributed by atoms with Crippen molar-refractivity contribution in [2.45, 2.75) is 11.8 Å². The van der Waals surface area contributed by atoms with Crippen LogP contribution in [0.15, 0.2) is 41.9 Å². The molecular weight excluding hydrogens is 378 g/mol. The molecule has 1 aliphatic heterocycles. The largest absolute Gasteiger partial charge is 0.506 e. The number of thiophene rings is 1. The SMILES string of the molecule is O=C1CS[C@@H](c2ccc(O)c(Cl)c2)c2cnn(Cc3cccs3)c2N1. The van der Waals surface area contributed by atoms with Crippen LogP contribution in [-0.2, 0) is 11.3 Å². The molecule has 0 saturated carbocycles. The zero-order chi connectivity index (χ0) is 17.4. The summed E-state index contributed by atoms with van der Waals surface area (Å²) in [5.74, 6) is 1.06. The predicted molar refractivity (Wildman–Crippen MR) is 102 cm³/mol. The first kappa shape index (κ1) is 16.5. The Labute approximate surface area is 157 Å². The minimum Gasteiger partial charge on any atom is -0.506 e. The summed E-state index contributed by atoms with van der Waals surface area (Å²) in [4.78, 5) is 13.3. The summed E-state index contributed by atoms with van der Waals surface area (Å²) in [6, 6.07) is 9.19. The van der Waals surface area contributed by atoms with Gasteiger partial charge in [-0.25, -0.2) is 4.68 Å². The summed E-state index contributed by atoms with van der Waals surface area (Å²) >= 11 is 9.24. The van der Waals surface area contributed by atoms with E-state index < -0.39 is 0 Å². The van der Waals surface area contributed by atoms with Crippen molar-refractivity contribution in [3.05, 3.63) is 62.9 Å². The molecule has 1 aliphatic rings. The number of fused-ring (bicyclic) bond motifs is 1. The van der Waals surface area contributed by atoms with E-state index in [9.17, 15) is 9.90 Å². The molecule has 3 heterocycles. The highest BCUT2D eigenvalue weighted by Crippen LogP contribution is 2.43. The normalized spacial score (nSPS) is 17.0. The fourth-order valence-corrected chi connectivity index (χ4v) is 4.73. The van der Waals surface area contributed by atoms with Crippen molar-refractivity contribution >= 4 is 46.4 Å². The molecule has 1 aromatic carbocycles. The number of thioether (sulfide) groups is 1. The Bertz CT molecular complexity index is 924. The minimum atomic E-state index is -0.0795. The first-order chi connectivity index (χ1) is 12.1. The second kappa shape index (κ2) is 6.74. The number of aromatic hydroxyl groups is 1. The van der Waals surface area contributed by atoms with E-state index in [-0.39, 0.29) is 16.9 Å². The summed E-state index contributed by atoms with van der Waals surface area (Å²) < 4.78 is 1.82. The first-order valence-electron chi connectivity index (χ1n) is 7.60. The van der Waals surface area contributed by atoms with Gasteiger partial charge in [0, 0.05) is 10.4 Å². The quantitative estimate of drug-likeness (QED) is 0.704. The van der Waals surface area contributed by atoms with Crippen LogP contribution in [0.4, 0.5) is 5.82 Å². The molecule has 0 bridgehead atoms. The molecule has 4 rings (SSSR count). The molecule has 0 unspecified atom stereocenters. The summed E-state index contributed by atoms with van der Waals surface area (Å²) in [7, 11) is 0. The molecule has 128 valence electrons. The number of phenolic OH excluding ortho intramolecular Hbond substituents is 1. The maximum absolute atomic E-state index is 12.2. The van der Waals surface area contributed by atoms with Crippen LogP contribution < -0.4 is 5.32 Å². The van der Waals surface area contributed by atoms with Crippen molar-refractivity contribution in [3.8, 4) is 5.75 Å². The fourth-order valence-electron chi connectivity index (χ4n) is 2.78. The molecule has 0 saturated heterocycles. The van der Waals surface area contributed by atoms with Gasteiger partial charge in [-0.15, -0.1) is 23.1 Å². The molecular formula is C17H14ClN3O2S2. The standard InChI is InChI=1S/C17H14ClN3O2S2/c18-13-6-10(3-4-14(13)22)16-12-7-19-21(8-11-2-1-5-24-11)17(12)20-15(23)9-25-16/h1-7,16,22H,8-9H2,(H,20,23)/t16-/m0/s1. The highest BCUT2D eigenvalue weighted by atomic mass is 35.5. The van der Waals surface area contributed by atoms with Crippen LogP contribution in [0.25, 0.3) is 0 Å². The zero-order valence-corrected chi connectivity index (χ0v) is 15.4. The number of phenols is 1. The monoisotopic (exact) mass is 391 g/mol. The van der Waals surface area contributed by atoms with Crippen LogP contribution in [0.2, 0.25) is 5.02 Å². The van der Waals surface area contributed by atoms with Crippen molar-refractivity contribution in [2.75, 3.05) is 11.1 Å². The molecule has 0 aliphatic carbocycles. The number of amides is 1. The van der Waals surface area contributed by atoms with Gasteiger partial charge in [0.05, 0.1) is 28.8 Å². The van der Waals surface area contributed by atoms with Crippen molar-refractivity contribution in [1.82, 2.24) is 9.78 Å². The second-order valence-electron chi connectivity index (χ2n) is 5.64. The van der Waals surface area contributed by atoms with Crippen LogP contribution in [0.5, 0.6) is 5.75 Å². The summed E-state index contributed by atoms with van der Waals surface area (Å²) in [5.41, 5.74) is 1.87. The van der Waals surface area contributed by atoms with Gasteiger partial charge in [0.25, 0.3) is 0 Å². The lowest BCUT2D eigenvalue weighted by atomic mass is 10.1. The third kappa shape index (κ3) is 3.27. The Balaban J connectivity index is 1.75. The van der Waals surface area contributed by atoms with Crippen molar-refractivity contribution in [2.24, 2.45) is 0 Å². The number of nitrogens with zero attached hydrogens (tertiary/aromatic N) is 2. The van der Waals surface area contributed by atoms with Gasteiger partial charge in [-0.1, -0.05) is 23.7 Å². The van der Waals surface area contributed by atoms with Crippen LogP contribution in [0, 0.1) is 0 Å². The second-order valence-corrected chi connectivity index (χ2v) is 8.17. The highest BCUT2D eigenvalue weighted by Gasteiger charge is 2.28. The van der Waals surface area contributed by atoms with Crippen molar-refractivity contribution < 1.29 is 9.90 Å². The average molecular weight is 392 g/mol. The number of benzene rings is 1. The summed E-state index contributed by atoms with van der Waals surface area (Å²) in [6.45, 7) is 0.612. The molecule has 5 nitrogen and oxygen atoms in total. The minimum absolute atomic E-state index is 0.0480. The Morgan fingerprint density at radius 3 is 3.04 bits per heavy atom. The van der Waals surface area contributed by atoms with Gasteiger partial charge in [0.2, 0.25) is 5.91 Å². The topological polar surface area (TPSA) is 67.1 Å². The number of anilines is 1. The molecule has 25 heavy (non-hydrogen) atoms. The molecule has 8 heteroatoms. The molecule has 0 fully saturated rings. The van der Waals surface area contributed by atoms with Crippen LogP contribution in [0.3, 0.4) is 0 Å². The molecule has 1 atom stereocenters. The smallest absolute Gasteiger partial charge is 0.235 e. The van der Waals surface area contributed by atoms with Crippen LogP contribution in [-0.4, -0.2) is 26.5 Å². The van der Waals surface area contributed by atoms with E-state index in [1.54, 1.807) is 29.7 Å². The van der Waals surface area contributed by atoms with Crippen molar-refractivity contribution in [1.29, 1.82) is 0 Å². The van der Waals surface area contributed by atoms with Gasteiger partial charge in [-0.2, -0.15) is 5.10 Å². The molecule has 0 radical (unpaired) electrons. The van der Waals surface area contributed by atoms with E-state index in [0.29, 0.717) is 17.3 Å². The van der Waals surface area contributed by atoms with E-state index in [4.69, 9.17) is 11.6 Å². The van der Waals surface area contributed by atoms with Crippen LogP contribution in [0.1, 0.15) is 21.3 Å². The molecule has 2 aromatic heterocycles. The molecule has 3 aromatic rings. The zero-order valence-electron chi connectivity index (χ0n) is 13.0. The third-order valence-electron chi connectivity index (χ3n) is 3.95. The maximum Gasteiger partial charge on any atom is 0.235 e. The number of rotatable bonds is 3. The van der Waals surface area contributed by atoms with Gasteiger partial charge >= 0.3 is 0 Å². The number of carbonyl (C=O) groups excluding carboxylic acids is 1. The molecule has 2 N–H and O–H groups in total. The Morgan fingerprint density at radius 2 is 2.28 bits per heavy atom. The number of nitrogens with one attached hydrogen (secondary N) is 1. The Kier molecular flexibility index (Phi) is 4.45. The predicted octanol–water partition coefficient (Wildman–Crippen LogP) is 4.13. The lowest BCUT2D eigenvalue weighted by Crippen LogP contribution is -2.16. The van der Waals surface area contributed by atoms with E-state index >= 15 is 0 Å². The van der Waals surface area contributed by atoms with Crippen LogP contribution >= 0.6 is 34.7 Å². The van der Waals surface area contributed by atoms with E-state index in [2.05, 4.69) is 10.4 Å². The van der Waals surface area contributed by atoms with Gasteiger partial charge in [0.15, 0.2) is 0 Å². The third-order valence-corrected chi connectivity index (χ3v) is 6.40. The number of carbonyl (C=O) groups is 1. The maximum atomic E-state index is 12.2. The van der Waals surface area contributed by atoms with E-state index in [1.807, 2.05) is 28.3 Å². The summed E-state index contributed by atoms with van der Waals surface area (Å²) in [6.07, 6.45) is 1.80. The van der Waals surface area contributed by atoms with Gasteiger partial charge in [-0.3, -0.25) is 4.79 Å². The highest BCUT2D eigenvalue weighted by molar-refractivity contribution is 8.00. The van der Waals surface area contributed by atoms with Gasteiger partial charge in [0.1, 0.15) is 11.6 Å². The van der Waals surface area contributed by atoms with E-state index in [1.165, 1.54) is 16.6 Å². The first-order valence-corrected chi connectivity index (χ1v) is 9.90. The Morgan fingerprint density at radius 1 is 1.40 bits per heavy atom. The fraction of sp³-hybridized carbons (Fsp3) is 0.176. The Hall–Kier alpha value is -1.96. The van der Waals surface area contributed by atoms with E-state index in [0.717, 1.165) is 16.9 Å². The average Bonchev–Trinajstić information content (AvgIpc) is 3.19. The lowest BCUT2D eigenvalue weighted by Gasteiger charge is -2.15. The number of halogens is 1. The lowest BCUT2D eigenvalue weighted by molar-refractivity contribution is -0.113. The van der Waals surface area contributed by atoms with Gasteiger partial charge in [-0.05, 0) is 29.1 Å². The summed E-state index contributed by atoms with van der Waals surface area (Å²) in [5, 5.41) is 19.4. The number of aromatic nitrogens is 2. The van der Waals surface area contributed by atoms with Gasteiger partial charge < -0.3 is 10.4 Å². The number of hydrogen-bond acceptors (Lipinski definition) is 5. The number of hydrogen-bond donors (Lipinski definition) is 2.